The van der Waals surface area contributed by atoms with E-state index in [1.54, 1.807) is 20.3 Å². The Morgan fingerprint density at radius 3 is 2.70 bits per heavy atom. The summed E-state index contributed by atoms with van der Waals surface area (Å²) in [6.45, 7) is 0.683. The van der Waals surface area contributed by atoms with Crippen molar-refractivity contribution in [1.82, 2.24) is 15.0 Å². The quantitative estimate of drug-likeness (QED) is 0.802. The summed E-state index contributed by atoms with van der Waals surface area (Å²) in [6.07, 6.45) is 6.37. The van der Waals surface area contributed by atoms with Crippen molar-refractivity contribution in [2.24, 2.45) is 0 Å². The van der Waals surface area contributed by atoms with Crippen LogP contribution in [0.1, 0.15) is 50.3 Å². The van der Waals surface area contributed by atoms with E-state index in [1.807, 2.05) is 17.0 Å². The number of ether oxygens (including phenoxy) is 2. The number of carbonyl (C=O) groups excluding carboxylic acids is 1. The van der Waals surface area contributed by atoms with Crippen LogP contribution in [0.25, 0.3) is 11.5 Å². The van der Waals surface area contributed by atoms with Crippen molar-refractivity contribution in [2.45, 2.75) is 50.5 Å². The van der Waals surface area contributed by atoms with Crippen LogP contribution in [0.2, 0.25) is 0 Å². The molecule has 1 atom stereocenters. The van der Waals surface area contributed by atoms with E-state index in [4.69, 9.17) is 14.0 Å². The number of aromatic nitrogens is 2. The van der Waals surface area contributed by atoms with Crippen LogP contribution in [0.15, 0.2) is 22.7 Å². The van der Waals surface area contributed by atoms with Crippen LogP contribution >= 0.6 is 0 Å². The Labute approximate surface area is 158 Å². The minimum Gasteiger partial charge on any atom is -0.497 e. The van der Waals surface area contributed by atoms with Crippen LogP contribution in [0.4, 0.5) is 0 Å². The van der Waals surface area contributed by atoms with Gasteiger partial charge in [0.1, 0.15) is 11.5 Å². The second-order valence-electron chi connectivity index (χ2n) is 7.26. The molecule has 1 aromatic carbocycles. The number of likely N-dealkylation sites (tertiary alicyclic amines) is 1. The van der Waals surface area contributed by atoms with E-state index in [-0.39, 0.29) is 11.8 Å². The molecule has 0 radical (unpaired) electrons. The van der Waals surface area contributed by atoms with E-state index < -0.39 is 0 Å². The Balaban J connectivity index is 1.52. The maximum Gasteiger partial charge on any atom is 0.261 e. The van der Waals surface area contributed by atoms with E-state index in [9.17, 15) is 4.79 Å². The summed E-state index contributed by atoms with van der Waals surface area (Å²) in [4.78, 5) is 19.1. The first-order valence-corrected chi connectivity index (χ1v) is 9.55. The van der Waals surface area contributed by atoms with Gasteiger partial charge in [0.15, 0.2) is 5.82 Å². The highest BCUT2D eigenvalue weighted by atomic mass is 16.5. The third kappa shape index (κ3) is 3.50. The normalized spacial score (nSPS) is 20.9. The second-order valence-corrected chi connectivity index (χ2v) is 7.26. The molecule has 0 N–H and O–H groups in total. The molecule has 1 aliphatic heterocycles. The summed E-state index contributed by atoms with van der Waals surface area (Å²) in [7, 11) is 3.20. The highest BCUT2D eigenvalue weighted by Gasteiger charge is 2.37. The standard InChI is InChI=1S/C20H25N3O4/c1-25-15-8-9-16(17(11-15)26-2)20-21-19(22-27-20)13-10-18(24)23(12-13)14-6-4-3-5-7-14/h8-9,11,13-14H,3-7,10,12H2,1-2H3. The monoisotopic (exact) mass is 371 g/mol. The molecule has 1 unspecified atom stereocenters. The molecule has 1 saturated heterocycles. The fourth-order valence-electron chi connectivity index (χ4n) is 4.14. The molecular weight excluding hydrogens is 346 g/mol. The number of hydrogen-bond acceptors (Lipinski definition) is 6. The Kier molecular flexibility index (Phi) is 5.01. The van der Waals surface area contributed by atoms with Crippen molar-refractivity contribution in [3.63, 3.8) is 0 Å². The number of carbonyl (C=O) groups is 1. The highest BCUT2D eigenvalue weighted by molar-refractivity contribution is 5.80. The molecular formula is C20H25N3O4. The van der Waals surface area contributed by atoms with Gasteiger partial charge in [0, 0.05) is 31.0 Å². The van der Waals surface area contributed by atoms with Gasteiger partial charge in [0.2, 0.25) is 5.91 Å². The largest absolute Gasteiger partial charge is 0.497 e. The summed E-state index contributed by atoms with van der Waals surface area (Å²) in [5, 5.41) is 4.15. The van der Waals surface area contributed by atoms with Crippen LogP contribution in [-0.4, -0.2) is 47.8 Å². The van der Waals surface area contributed by atoms with Gasteiger partial charge in [-0.05, 0) is 25.0 Å². The Morgan fingerprint density at radius 1 is 1.15 bits per heavy atom. The average Bonchev–Trinajstić information content (AvgIpc) is 3.35. The minimum atomic E-state index is -0.0128. The fourth-order valence-corrected chi connectivity index (χ4v) is 4.14. The van der Waals surface area contributed by atoms with Gasteiger partial charge in [-0.2, -0.15) is 4.98 Å². The van der Waals surface area contributed by atoms with Crippen LogP contribution in [0, 0.1) is 0 Å². The van der Waals surface area contributed by atoms with Crippen molar-refractivity contribution in [2.75, 3.05) is 20.8 Å². The van der Waals surface area contributed by atoms with Crippen LogP contribution in [-0.2, 0) is 4.79 Å². The van der Waals surface area contributed by atoms with Crippen molar-refractivity contribution in [3.05, 3.63) is 24.0 Å². The molecule has 7 nitrogen and oxygen atoms in total. The molecule has 2 aromatic rings. The number of hydrogen-bond donors (Lipinski definition) is 0. The maximum atomic E-state index is 12.5. The first kappa shape index (κ1) is 17.8. The van der Waals surface area contributed by atoms with E-state index >= 15 is 0 Å². The van der Waals surface area contributed by atoms with Gasteiger partial charge in [0.05, 0.1) is 19.8 Å². The Morgan fingerprint density at radius 2 is 1.96 bits per heavy atom. The van der Waals surface area contributed by atoms with Gasteiger partial charge >= 0.3 is 0 Å². The third-order valence-corrected chi connectivity index (χ3v) is 5.62. The lowest BCUT2D eigenvalue weighted by Crippen LogP contribution is -2.37. The van der Waals surface area contributed by atoms with E-state index in [2.05, 4.69) is 10.1 Å². The van der Waals surface area contributed by atoms with E-state index in [0.717, 1.165) is 12.8 Å². The third-order valence-electron chi connectivity index (χ3n) is 5.62. The van der Waals surface area contributed by atoms with Crippen LogP contribution in [0.3, 0.4) is 0 Å². The van der Waals surface area contributed by atoms with Crippen molar-refractivity contribution in [1.29, 1.82) is 0 Å². The van der Waals surface area contributed by atoms with Crippen LogP contribution in [0.5, 0.6) is 11.5 Å². The molecule has 1 aromatic heterocycles. The van der Waals surface area contributed by atoms with Crippen molar-refractivity contribution >= 4 is 5.91 Å². The molecule has 27 heavy (non-hydrogen) atoms. The molecule has 2 aliphatic rings. The predicted octanol–water partition coefficient (Wildman–Crippen LogP) is 3.40. The smallest absolute Gasteiger partial charge is 0.261 e. The number of amides is 1. The van der Waals surface area contributed by atoms with Crippen molar-refractivity contribution < 1.29 is 18.8 Å². The lowest BCUT2D eigenvalue weighted by atomic mass is 9.94. The van der Waals surface area contributed by atoms with E-state index in [1.165, 1.54) is 19.3 Å². The Bertz CT molecular complexity index is 813. The second kappa shape index (κ2) is 7.58. The Hall–Kier alpha value is -2.57. The van der Waals surface area contributed by atoms with Crippen molar-refractivity contribution in [3.8, 4) is 23.0 Å². The number of nitrogens with zero attached hydrogens (tertiary/aromatic N) is 3. The molecule has 1 amide bonds. The summed E-state index contributed by atoms with van der Waals surface area (Å²) in [5.41, 5.74) is 0.713. The first-order chi connectivity index (χ1) is 13.2. The number of methoxy groups -OCH3 is 2. The SMILES string of the molecule is COc1ccc(-c2nc(C3CC(=O)N(C4CCCCC4)C3)no2)c(OC)c1. The summed E-state index contributed by atoms with van der Waals surface area (Å²) < 4.78 is 16.1. The van der Waals surface area contributed by atoms with Gasteiger partial charge < -0.3 is 18.9 Å². The lowest BCUT2D eigenvalue weighted by molar-refractivity contribution is -0.130. The average molecular weight is 371 g/mol. The van der Waals surface area contributed by atoms with Gasteiger partial charge in [-0.1, -0.05) is 24.4 Å². The molecule has 4 rings (SSSR count). The zero-order valence-corrected chi connectivity index (χ0v) is 15.8. The molecule has 2 heterocycles. The van der Waals surface area contributed by atoms with Gasteiger partial charge in [-0.3, -0.25) is 4.79 Å². The summed E-state index contributed by atoms with van der Waals surface area (Å²) in [6, 6.07) is 5.82. The molecule has 7 heteroatoms. The van der Waals surface area contributed by atoms with Gasteiger partial charge in [-0.15, -0.1) is 0 Å². The van der Waals surface area contributed by atoms with Gasteiger partial charge in [0.25, 0.3) is 5.89 Å². The first-order valence-electron chi connectivity index (χ1n) is 9.55. The fraction of sp³-hybridized carbons (Fsp3) is 0.550. The summed E-state index contributed by atoms with van der Waals surface area (Å²) in [5.74, 6) is 2.49. The molecule has 144 valence electrons. The van der Waals surface area contributed by atoms with Gasteiger partial charge in [-0.25, -0.2) is 0 Å². The lowest BCUT2D eigenvalue weighted by Gasteiger charge is -2.31. The number of rotatable bonds is 5. The molecule has 1 saturated carbocycles. The van der Waals surface area contributed by atoms with E-state index in [0.29, 0.717) is 47.8 Å². The topological polar surface area (TPSA) is 77.7 Å². The van der Waals surface area contributed by atoms with Crippen LogP contribution < -0.4 is 9.47 Å². The summed E-state index contributed by atoms with van der Waals surface area (Å²) >= 11 is 0. The molecule has 0 bridgehead atoms. The number of benzene rings is 1. The molecule has 2 fully saturated rings. The minimum absolute atomic E-state index is 0.0128. The molecule has 0 spiro atoms. The highest BCUT2D eigenvalue weighted by Crippen LogP contribution is 2.35. The maximum absolute atomic E-state index is 12.5. The zero-order valence-electron chi connectivity index (χ0n) is 15.8. The predicted molar refractivity (Wildman–Crippen MR) is 98.8 cm³/mol. The zero-order chi connectivity index (χ0) is 18.8. The molecule has 1 aliphatic carbocycles.